The summed E-state index contributed by atoms with van der Waals surface area (Å²) in [5, 5.41) is 0. The second-order valence-electron chi connectivity index (χ2n) is 7.97. The smallest absolute Gasteiger partial charge is 0.243 e. The third-order valence-electron chi connectivity index (χ3n) is 5.75. The third kappa shape index (κ3) is 2.48. The van der Waals surface area contributed by atoms with Crippen LogP contribution >= 0.6 is 24.2 Å². The Kier molecular flexibility index (Phi) is 4.87. The monoisotopic (exact) mass is 348 g/mol. The summed E-state index contributed by atoms with van der Waals surface area (Å²) >= 11 is 1.94. The second-order valence-corrected chi connectivity index (χ2v) is 9.77. The molecule has 3 rings (SSSR count). The highest BCUT2D eigenvalue weighted by Crippen LogP contribution is 2.58. The van der Waals surface area contributed by atoms with Gasteiger partial charge in [0.25, 0.3) is 0 Å². The Bertz CT molecular complexity index is 457. The lowest BCUT2D eigenvalue weighted by atomic mass is 9.46. The van der Waals surface area contributed by atoms with Crippen molar-refractivity contribution < 1.29 is 9.53 Å². The zero-order valence-corrected chi connectivity index (χ0v) is 15.7. The molecule has 0 radical (unpaired) electrons. The molecule has 0 bridgehead atoms. The molecule has 0 spiro atoms. The number of amides is 1. The van der Waals surface area contributed by atoms with Gasteiger partial charge < -0.3 is 15.4 Å². The highest BCUT2D eigenvalue weighted by atomic mass is 35.5. The molecule has 22 heavy (non-hydrogen) atoms. The minimum absolute atomic E-state index is 0. The number of nitrogens with two attached hydrogens (primary N) is 1. The van der Waals surface area contributed by atoms with Gasteiger partial charge in [0.1, 0.15) is 5.54 Å². The zero-order chi connectivity index (χ0) is 15.5. The molecule has 0 aromatic rings. The van der Waals surface area contributed by atoms with Crippen LogP contribution in [0.5, 0.6) is 0 Å². The lowest BCUT2D eigenvalue weighted by Gasteiger charge is -2.66. The first-order valence-corrected chi connectivity index (χ1v) is 9.02. The van der Waals surface area contributed by atoms with Crippen molar-refractivity contribution in [2.75, 3.05) is 25.4 Å². The summed E-state index contributed by atoms with van der Waals surface area (Å²) < 4.78 is 6.04. The first kappa shape index (κ1) is 18.4. The molecule has 3 atom stereocenters. The van der Waals surface area contributed by atoms with E-state index in [0.29, 0.717) is 0 Å². The van der Waals surface area contributed by atoms with Crippen molar-refractivity contribution in [1.82, 2.24) is 4.90 Å². The SMILES string of the molecule is CC1(C)CN(C(=O)C2(N)C3CCCOC3C2(C)C)CCS1.Cl. The van der Waals surface area contributed by atoms with Gasteiger partial charge in [-0.05, 0) is 26.7 Å². The lowest BCUT2D eigenvalue weighted by molar-refractivity contribution is -0.230. The van der Waals surface area contributed by atoms with Gasteiger partial charge in [-0.25, -0.2) is 0 Å². The van der Waals surface area contributed by atoms with Crippen molar-refractivity contribution in [1.29, 1.82) is 0 Å². The minimum atomic E-state index is -0.754. The maximum absolute atomic E-state index is 13.2. The Labute approximate surface area is 144 Å². The van der Waals surface area contributed by atoms with Crippen molar-refractivity contribution in [2.24, 2.45) is 17.1 Å². The number of carbonyl (C=O) groups excluding carboxylic acids is 1. The van der Waals surface area contributed by atoms with Gasteiger partial charge in [0, 0.05) is 41.5 Å². The van der Waals surface area contributed by atoms with Gasteiger partial charge in [-0.2, -0.15) is 11.8 Å². The van der Waals surface area contributed by atoms with Crippen molar-refractivity contribution in [3.05, 3.63) is 0 Å². The fourth-order valence-corrected chi connectivity index (χ4v) is 5.57. The number of fused-ring (bicyclic) bond motifs is 1. The Morgan fingerprint density at radius 2 is 2.00 bits per heavy atom. The van der Waals surface area contributed by atoms with Crippen molar-refractivity contribution in [3.8, 4) is 0 Å². The van der Waals surface area contributed by atoms with E-state index in [2.05, 4.69) is 27.7 Å². The van der Waals surface area contributed by atoms with Crippen LogP contribution in [0.2, 0.25) is 0 Å². The number of nitrogens with zero attached hydrogens (tertiary/aromatic N) is 1. The Morgan fingerprint density at radius 1 is 1.32 bits per heavy atom. The molecule has 2 N–H and O–H groups in total. The van der Waals surface area contributed by atoms with E-state index in [1.54, 1.807) is 0 Å². The number of ether oxygens (including phenoxy) is 1. The second kappa shape index (κ2) is 5.83. The summed E-state index contributed by atoms with van der Waals surface area (Å²) in [5.74, 6) is 1.33. The van der Waals surface area contributed by atoms with E-state index in [9.17, 15) is 4.79 Å². The van der Waals surface area contributed by atoms with Crippen LogP contribution in [0.4, 0.5) is 0 Å². The molecule has 4 nitrogen and oxygen atoms in total. The summed E-state index contributed by atoms with van der Waals surface area (Å²) in [7, 11) is 0. The summed E-state index contributed by atoms with van der Waals surface area (Å²) in [6.07, 6.45) is 2.18. The maximum atomic E-state index is 13.2. The highest BCUT2D eigenvalue weighted by molar-refractivity contribution is 8.00. The van der Waals surface area contributed by atoms with Crippen LogP contribution in [0, 0.1) is 11.3 Å². The van der Waals surface area contributed by atoms with Gasteiger partial charge in [-0.3, -0.25) is 4.79 Å². The molecule has 1 saturated carbocycles. The summed E-state index contributed by atoms with van der Waals surface area (Å²) in [6.45, 7) is 11.0. The van der Waals surface area contributed by atoms with Gasteiger partial charge >= 0.3 is 0 Å². The average Bonchev–Trinajstić information content (AvgIpc) is 2.44. The van der Waals surface area contributed by atoms with Gasteiger partial charge in [0.05, 0.1) is 6.10 Å². The van der Waals surface area contributed by atoms with Crippen molar-refractivity contribution in [2.45, 2.75) is 56.9 Å². The predicted octanol–water partition coefficient (Wildman–Crippen LogP) is 2.29. The van der Waals surface area contributed by atoms with Crippen LogP contribution in [0.3, 0.4) is 0 Å². The van der Waals surface area contributed by atoms with Crippen molar-refractivity contribution in [3.63, 3.8) is 0 Å². The number of halogens is 1. The van der Waals surface area contributed by atoms with E-state index >= 15 is 0 Å². The van der Waals surface area contributed by atoms with Crippen LogP contribution in [0.25, 0.3) is 0 Å². The highest BCUT2D eigenvalue weighted by Gasteiger charge is 2.71. The normalized spacial score (nSPS) is 39.2. The molecule has 2 heterocycles. The van der Waals surface area contributed by atoms with Crippen molar-refractivity contribution >= 4 is 30.1 Å². The third-order valence-corrected chi connectivity index (χ3v) is 7.05. The van der Waals surface area contributed by atoms with Crippen LogP contribution in [0.1, 0.15) is 40.5 Å². The molecule has 128 valence electrons. The number of thioether (sulfide) groups is 1. The molecule has 2 aliphatic heterocycles. The van der Waals surface area contributed by atoms with Gasteiger partial charge in [0.15, 0.2) is 0 Å². The Hall–Kier alpha value is 0.0300. The number of hydrogen-bond donors (Lipinski definition) is 1. The molecular weight excluding hydrogens is 320 g/mol. The largest absolute Gasteiger partial charge is 0.377 e. The molecule has 1 aliphatic carbocycles. The minimum Gasteiger partial charge on any atom is -0.377 e. The zero-order valence-electron chi connectivity index (χ0n) is 14.1. The van der Waals surface area contributed by atoms with Crippen LogP contribution in [-0.4, -0.2) is 52.6 Å². The summed E-state index contributed by atoms with van der Waals surface area (Å²) in [4.78, 5) is 15.2. The Balaban J connectivity index is 0.00000176. The quantitative estimate of drug-likeness (QED) is 0.790. The van der Waals surface area contributed by atoms with E-state index in [1.165, 1.54) is 0 Å². The van der Waals surface area contributed by atoms with Gasteiger partial charge in [-0.1, -0.05) is 13.8 Å². The summed E-state index contributed by atoms with van der Waals surface area (Å²) in [6, 6.07) is 0. The number of carbonyl (C=O) groups is 1. The Morgan fingerprint density at radius 3 is 2.64 bits per heavy atom. The number of hydrogen-bond acceptors (Lipinski definition) is 4. The standard InChI is InChI=1S/C16H28N2O2S.ClH/c1-14(2)10-18(7-9-21-14)13(19)16(17)11-6-5-8-20-12(11)15(16,3)4;/h11-12H,5-10,17H2,1-4H3;1H. The molecule has 1 amide bonds. The van der Waals surface area contributed by atoms with Crippen LogP contribution in [-0.2, 0) is 9.53 Å². The first-order valence-electron chi connectivity index (χ1n) is 8.04. The molecule has 0 aromatic carbocycles. The maximum Gasteiger partial charge on any atom is 0.243 e. The topological polar surface area (TPSA) is 55.6 Å². The van der Waals surface area contributed by atoms with Gasteiger partial charge in [-0.15, -0.1) is 12.4 Å². The summed E-state index contributed by atoms with van der Waals surface area (Å²) in [5.41, 5.74) is 5.69. The fourth-order valence-electron chi connectivity index (χ4n) is 4.46. The molecule has 3 unspecified atom stereocenters. The van der Waals surface area contributed by atoms with Gasteiger partial charge in [0.2, 0.25) is 5.91 Å². The molecule has 3 aliphatic rings. The average molecular weight is 349 g/mol. The first-order chi connectivity index (χ1) is 9.70. The van der Waals surface area contributed by atoms with Crippen LogP contribution in [0.15, 0.2) is 0 Å². The molecule has 6 heteroatoms. The lowest BCUT2D eigenvalue weighted by Crippen LogP contribution is -2.82. The molecule has 3 fully saturated rings. The number of rotatable bonds is 1. The molecule has 2 saturated heterocycles. The van der Waals surface area contributed by atoms with E-state index < -0.39 is 5.54 Å². The molecular formula is C16H29ClN2O2S. The van der Waals surface area contributed by atoms with Crippen LogP contribution < -0.4 is 5.73 Å². The van der Waals surface area contributed by atoms with E-state index in [4.69, 9.17) is 10.5 Å². The van der Waals surface area contributed by atoms with E-state index in [-0.39, 0.29) is 40.5 Å². The van der Waals surface area contributed by atoms with E-state index in [0.717, 1.165) is 38.3 Å². The fraction of sp³-hybridized carbons (Fsp3) is 0.938. The predicted molar refractivity (Wildman–Crippen MR) is 93.5 cm³/mol. The van der Waals surface area contributed by atoms with E-state index in [1.807, 2.05) is 16.7 Å². The molecule has 0 aromatic heterocycles.